The summed E-state index contributed by atoms with van der Waals surface area (Å²) in [5.74, 6) is -0.276. The molecule has 2 atom stereocenters. The fourth-order valence-electron chi connectivity index (χ4n) is 4.33. The second-order valence-corrected chi connectivity index (χ2v) is 6.88. The molecule has 2 N–H and O–H groups in total. The van der Waals surface area contributed by atoms with Crippen molar-refractivity contribution < 1.29 is 9.90 Å². The first kappa shape index (κ1) is 15.9. The number of nitrogens with one attached hydrogen (secondary N) is 1. The third kappa shape index (κ3) is 2.48. The second-order valence-electron chi connectivity index (χ2n) is 6.88. The fourth-order valence-corrected chi connectivity index (χ4v) is 4.33. The monoisotopic (exact) mass is 311 g/mol. The SMILES string of the molecule is C=CCC1CCC(CC)(CC(=O)O)c2[nH]c3c(C)cccc3c21. The van der Waals surface area contributed by atoms with E-state index in [1.165, 1.54) is 16.5 Å². The largest absolute Gasteiger partial charge is 0.481 e. The highest BCUT2D eigenvalue weighted by atomic mass is 16.4. The molecule has 0 amide bonds. The van der Waals surface area contributed by atoms with Crippen molar-refractivity contribution in [1.29, 1.82) is 0 Å². The Labute approximate surface area is 137 Å². The zero-order valence-corrected chi connectivity index (χ0v) is 14.0. The Hall–Kier alpha value is -2.03. The maximum absolute atomic E-state index is 11.5. The van der Waals surface area contributed by atoms with Crippen LogP contribution in [0.4, 0.5) is 0 Å². The van der Waals surface area contributed by atoms with Crippen LogP contribution in [0.5, 0.6) is 0 Å². The van der Waals surface area contributed by atoms with Gasteiger partial charge in [0.15, 0.2) is 0 Å². The first-order valence-electron chi connectivity index (χ1n) is 8.46. The predicted octanol–water partition coefficient (Wildman–Crippen LogP) is 5.05. The molecule has 2 unspecified atom stereocenters. The lowest BCUT2D eigenvalue weighted by Crippen LogP contribution is -2.34. The number of hydrogen-bond acceptors (Lipinski definition) is 1. The van der Waals surface area contributed by atoms with Crippen molar-refractivity contribution in [1.82, 2.24) is 4.98 Å². The summed E-state index contributed by atoms with van der Waals surface area (Å²) in [5.41, 5.74) is 4.60. The molecular formula is C20H25NO2. The van der Waals surface area contributed by atoms with Crippen LogP contribution in [0.15, 0.2) is 30.9 Å². The number of carboxylic acids is 1. The van der Waals surface area contributed by atoms with Crippen LogP contribution in [0.3, 0.4) is 0 Å². The molecule has 1 aliphatic rings. The van der Waals surface area contributed by atoms with E-state index < -0.39 is 5.97 Å². The summed E-state index contributed by atoms with van der Waals surface area (Å²) in [6.45, 7) is 8.13. The molecule has 1 aromatic heterocycles. The molecule has 122 valence electrons. The van der Waals surface area contributed by atoms with Gasteiger partial charge in [-0.3, -0.25) is 4.79 Å². The molecule has 0 saturated carbocycles. The molecule has 3 heteroatoms. The lowest BCUT2D eigenvalue weighted by molar-refractivity contribution is -0.138. The Morgan fingerprint density at radius 3 is 2.96 bits per heavy atom. The average Bonchev–Trinajstić information content (AvgIpc) is 2.92. The highest BCUT2D eigenvalue weighted by Crippen LogP contribution is 2.50. The number of carbonyl (C=O) groups is 1. The van der Waals surface area contributed by atoms with Gasteiger partial charge in [0.05, 0.1) is 6.42 Å². The Kier molecular flexibility index (Phi) is 4.05. The van der Waals surface area contributed by atoms with E-state index in [-0.39, 0.29) is 11.8 Å². The summed E-state index contributed by atoms with van der Waals surface area (Å²) in [6, 6.07) is 6.37. The van der Waals surface area contributed by atoms with Gasteiger partial charge in [-0.2, -0.15) is 0 Å². The van der Waals surface area contributed by atoms with Crippen LogP contribution in [-0.2, 0) is 10.2 Å². The van der Waals surface area contributed by atoms with Gasteiger partial charge in [0.1, 0.15) is 0 Å². The summed E-state index contributed by atoms with van der Waals surface area (Å²) >= 11 is 0. The number of para-hydroxylation sites is 1. The van der Waals surface area contributed by atoms with Gasteiger partial charge in [-0.25, -0.2) is 0 Å². The van der Waals surface area contributed by atoms with Gasteiger partial charge in [-0.15, -0.1) is 6.58 Å². The number of benzene rings is 1. The van der Waals surface area contributed by atoms with Crippen LogP contribution in [0, 0.1) is 6.92 Å². The van der Waals surface area contributed by atoms with Crippen molar-refractivity contribution in [2.24, 2.45) is 0 Å². The molecule has 1 aliphatic carbocycles. The number of aliphatic carboxylic acids is 1. The lowest BCUT2D eigenvalue weighted by Gasteiger charge is -2.38. The van der Waals surface area contributed by atoms with Crippen molar-refractivity contribution in [3.8, 4) is 0 Å². The van der Waals surface area contributed by atoms with E-state index in [2.05, 4.69) is 43.6 Å². The summed E-state index contributed by atoms with van der Waals surface area (Å²) in [4.78, 5) is 15.1. The Morgan fingerprint density at radius 2 is 2.30 bits per heavy atom. The van der Waals surface area contributed by atoms with E-state index in [4.69, 9.17) is 0 Å². The van der Waals surface area contributed by atoms with Gasteiger partial charge in [-0.05, 0) is 49.7 Å². The summed E-state index contributed by atoms with van der Waals surface area (Å²) in [6.07, 6.45) is 5.93. The number of aromatic amines is 1. The lowest BCUT2D eigenvalue weighted by atomic mass is 9.65. The van der Waals surface area contributed by atoms with Gasteiger partial charge in [0.25, 0.3) is 0 Å². The predicted molar refractivity (Wildman–Crippen MR) is 94.0 cm³/mol. The van der Waals surface area contributed by atoms with Crippen LogP contribution >= 0.6 is 0 Å². The molecule has 0 fully saturated rings. The van der Waals surface area contributed by atoms with E-state index in [1.54, 1.807) is 0 Å². The molecule has 0 spiro atoms. The standard InChI is InChI=1S/C20H25NO2/c1-4-7-14-10-11-20(5-2,12-16(22)23)19-17(14)15-9-6-8-13(3)18(15)21-19/h4,6,8-9,14,21H,1,5,7,10-12H2,2-3H3,(H,22,23). The van der Waals surface area contributed by atoms with E-state index in [1.807, 2.05) is 6.08 Å². The maximum Gasteiger partial charge on any atom is 0.304 e. The zero-order chi connectivity index (χ0) is 16.6. The molecular weight excluding hydrogens is 286 g/mol. The van der Waals surface area contributed by atoms with Crippen molar-refractivity contribution in [3.05, 3.63) is 47.7 Å². The topological polar surface area (TPSA) is 53.1 Å². The minimum atomic E-state index is -0.713. The number of aryl methyl sites for hydroxylation is 1. The number of aromatic nitrogens is 1. The first-order chi connectivity index (χ1) is 11.0. The maximum atomic E-state index is 11.5. The fraction of sp³-hybridized carbons (Fsp3) is 0.450. The highest BCUT2D eigenvalue weighted by molar-refractivity contribution is 5.89. The molecule has 2 aromatic rings. The Morgan fingerprint density at radius 1 is 1.52 bits per heavy atom. The van der Waals surface area contributed by atoms with Gasteiger partial charge >= 0.3 is 5.97 Å². The average molecular weight is 311 g/mol. The molecule has 3 rings (SSSR count). The van der Waals surface area contributed by atoms with Crippen molar-refractivity contribution in [2.45, 2.75) is 57.3 Å². The Balaban J connectivity index is 2.27. The van der Waals surface area contributed by atoms with E-state index in [9.17, 15) is 9.90 Å². The number of allylic oxidation sites excluding steroid dienone is 1. The van der Waals surface area contributed by atoms with Crippen molar-refractivity contribution >= 4 is 16.9 Å². The molecule has 1 heterocycles. The van der Waals surface area contributed by atoms with E-state index >= 15 is 0 Å². The third-order valence-corrected chi connectivity index (χ3v) is 5.61. The quantitative estimate of drug-likeness (QED) is 0.759. The minimum absolute atomic E-state index is 0.198. The second kappa shape index (κ2) is 5.88. The molecule has 1 aromatic carbocycles. The van der Waals surface area contributed by atoms with Crippen molar-refractivity contribution in [2.75, 3.05) is 0 Å². The zero-order valence-electron chi connectivity index (χ0n) is 14.0. The van der Waals surface area contributed by atoms with E-state index in [0.717, 1.165) is 36.9 Å². The summed E-state index contributed by atoms with van der Waals surface area (Å²) in [5, 5.41) is 10.7. The molecule has 23 heavy (non-hydrogen) atoms. The number of carboxylic acid groups (broad SMARTS) is 1. The van der Waals surface area contributed by atoms with Crippen LogP contribution in [0.2, 0.25) is 0 Å². The van der Waals surface area contributed by atoms with Crippen LogP contribution in [0.1, 0.15) is 61.8 Å². The number of H-pyrrole nitrogens is 1. The number of hydrogen-bond donors (Lipinski definition) is 2. The normalized spacial score (nSPS) is 23.7. The molecule has 0 aliphatic heterocycles. The number of fused-ring (bicyclic) bond motifs is 3. The molecule has 3 nitrogen and oxygen atoms in total. The molecule has 0 radical (unpaired) electrons. The van der Waals surface area contributed by atoms with Gasteiger partial charge in [0.2, 0.25) is 0 Å². The minimum Gasteiger partial charge on any atom is -0.481 e. The summed E-state index contributed by atoms with van der Waals surface area (Å²) in [7, 11) is 0. The van der Waals surface area contributed by atoms with Crippen LogP contribution in [0.25, 0.3) is 10.9 Å². The van der Waals surface area contributed by atoms with Gasteiger partial charge < -0.3 is 10.1 Å². The van der Waals surface area contributed by atoms with Crippen molar-refractivity contribution in [3.63, 3.8) is 0 Å². The highest BCUT2D eigenvalue weighted by Gasteiger charge is 2.42. The first-order valence-corrected chi connectivity index (χ1v) is 8.46. The van der Waals surface area contributed by atoms with Gasteiger partial charge in [-0.1, -0.05) is 31.2 Å². The van der Waals surface area contributed by atoms with Gasteiger partial charge in [0, 0.05) is 22.0 Å². The third-order valence-electron chi connectivity index (χ3n) is 5.61. The molecule has 0 saturated heterocycles. The van der Waals surface area contributed by atoms with Crippen LogP contribution < -0.4 is 0 Å². The Bertz CT molecular complexity index is 758. The smallest absolute Gasteiger partial charge is 0.304 e. The number of rotatable bonds is 5. The van der Waals surface area contributed by atoms with E-state index in [0.29, 0.717) is 5.92 Å². The summed E-state index contributed by atoms with van der Waals surface area (Å²) < 4.78 is 0. The van der Waals surface area contributed by atoms with Crippen LogP contribution in [-0.4, -0.2) is 16.1 Å². The molecule has 0 bridgehead atoms.